The summed E-state index contributed by atoms with van der Waals surface area (Å²) in [5.41, 5.74) is -0.00386. The molecule has 0 fully saturated rings. The fourth-order valence-corrected chi connectivity index (χ4v) is 2.70. The van der Waals surface area contributed by atoms with Crippen molar-refractivity contribution < 1.29 is 14.7 Å². The van der Waals surface area contributed by atoms with Crippen molar-refractivity contribution in [2.75, 3.05) is 6.54 Å². The van der Waals surface area contributed by atoms with Crippen molar-refractivity contribution in [1.29, 1.82) is 0 Å². The molecule has 5 nitrogen and oxygen atoms in total. The summed E-state index contributed by atoms with van der Waals surface area (Å²) in [6.07, 6.45) is 0.883. The van der Waals surface area contributed by atoms with Gasteiger partial charge in [0.15, 0.2) is 0 Å². The number of amides is 1. The summed E-state index contributed by atoms with van der Waals surface area (Å²) in [7, 11) is 0. The molecule has 2 N–H and O–H groups in total. The van der Waals surface area contributed by atoms with Gasteiger partial charge in [-0.25, -0.2) is 4.98 Å². The van der Waals surface area contributed by atoms with Crippen molar-refractivity contribution in [3.8, 4) is 0 Å². The lowest BCUT2D eigenvalue weighted by Gasteiger charge is -2.19. The molecule has 21 heavy (non-hydrogen) atoms. The monoisotopic (exact) mass is 306 g/mol. The van der Waals surface area contributed by atoms with Crippen LogP contribution in [0.15, 0.2) is 24.3 Å². The highest BCUT2D eigenvalue weighted by Gasteiger charge is 2.27. The van der Waals surface area contributed by atoms with E-state index < -0.39 is 11.4 Å². The number of carbonyl (C=O) groups excluding carboxylic acids is 1. The van der Waals surface area contributed by atoms with Gasteiger partial charge >= 0.3 is 5.97 Å². The van der Waals surface area contributed by atoms with Crippen molar-refractivity contribution in [2.45, 2.75) is 26.7 Å². The highest BCUT2D eigenvalue weighted by atomic mass is 32.1. The third kappa shape index (κ3) is 4.01. The molecular formula is C15H18N2O3S. The lowest BCUT2D eigenvalue weighted by Crippen LogP contribution is -2.38. The number of aliphatic carboxylic acids is 1. The number of carbonyl (C=O) groups is 2. The van der Waals surface area contributed by atoms with Gasteiger partial charge in [0, 0.05) is 19.4 Å². The third-order valence-corrected chi connectivity index (χ3v) is 4.31. The first-order chi connectivity index (χ1) is 9.88. The Balaban J connectivity index is 1.85. The van der Waals surface area contributed by atoms with E-state index in [0.29, 0.717) is 12.8 Å². The van der Waals surface area contributed by atoms with Crippen molar-refractivity contribution in [2.24, 2.45) is 5.41 Å². The smallest absolute Gasteiger partial charge is 0.310 e. The molecule has 0 aliphatic rings. The van der Waals surface area contributed by atoms with Crippen LogP contribution in [0.1, 0.15) is 25.3 Å². The Hall–Kier alpha value is -1.95. The normalized spacial score (nSPS) is 11.5. The van der Waals surface area contributed by atoms with Gasteiger partial charge in [-0.1, -0.05) is 12.1 Å². The standard InChI is InChI=1S/C15H18N2O3S/c1-15(2,14(19)20)9-16-12(18)7-8-13-17-10-5-3-4-6-11(10)21-13/h3-6H,7-9H2,1-2H3,(H,16,18)(H,19,20). The third-order valence-electron chi connectivity index (χ3n) is 3.21. The number of fused-ring (bicyclic) bond motifs is 1. The van der Waals surface area contributed by atoms with E-state index in [1.165, 1.54) is 0 Å². The summed E-state index contributed by atoms with van der Waals surface area (Å²) in [4.78, 5) is 27.2. The fraction of sp³-hybridized carbons (Fsp3) is 0.400. The van der Waals surface area contributed by atoms with E-state index >= 15 is 0 Å². The number of aryl methyl sites for hydroxylation is 1. The Kier molecular flexibility index (Phi) is 4.57. The summed E-state index contributed by atoms with van der Waals surface area (Å²) in [5.74, 6) is -1.07. The largest absolute Gasteiger partial charge is 0.481 e. The molecule has 0 unspecified atom stereocenters. The molecule has 2 rings (SSSR count). The van der Waals surface area contributed by atoms with Crippen LogP contribution in [-0.4, -0.2) is 28.5 Å². The van der Waals surface area contributed by atoms with Crippen LogP contribution in [-0.2, 0) is 16.0 Å². The van der Waals surface area contributed by atoms with E-state index in [9.17, 15) is 9.59 Å². The van der Waals surface area contributed by atoms with Gasteiger partial charge in [-0.3, -0.25) is 9.59 Å². The number of hydrogen-bond acceptors (Lipinski definition) is 4. The second-order valence-corrected chi connectivity index (χ2v) is 6.66. The van der Waals surface area contributed by atoms with Crippen molar-refractivity contribution in [1.82, 2.24) is 10.3 Å². The average molecular weight is 306 g/mol. The van der Waals surface area contributed by atoms with E-state index in [1.807, 2.05) is 24.3 Å². The van der Waals surface area contributed by atoms with Gasteiger partial charge in [0.05, 0.1) is 20.6 Å². The maximum atomic E-state index is 11.8. The van der Waals surface area contributed by atoms with Crippen LogP contribution >= 0.6 is 11.3 Å². The Bertz CT molecular complexity index is 631. The topological polar surface area (TPSA) is 79.3 Å². The number of hydrogen-bond donors (Lipinski definition) is 2. The van der Waals surface area contributed by atoms with E-state index in [0.717, 1.165) is 15.2 Å². The number of carboxylic acids is 1. The molecule has 0 saturated carbocycles. The van der Waals surface area contributed by atoms with Gasteiger partial charge in [-0.15, -0.1) is 11.3 Å². The van der Waals surface area contributed by atoms with Crippen LogP contribution in [0.25, 0.3) is 10.2 Å². The Morgan fingerprint density at radius 1 is 1.33 bits per heavy atom. The minimum atomic E-state index is -0.953. The first-order valence-corrected chi connectivity index (χ1v) is 7.55. The average Bonchev–Trinajstić information content (AvgIpc) is 2.85. The number of nitrogens with zero attached hydrogens (tertiary/aromatic N) is 1. The van der Waals surface area contributed by atoms with Gasteiger partial charge < -0.3 is 10.4 Å². The van der Waals surface area contributed by atoms with Crippen LogP contribution in [0.5, 0.6) is 0 Å². The summed E-state index contributed by atoms with van der Waals surface area (Å²) < 4.78 is 1.11. The molecule has 1 amide bonds. The molecule has 1 aromatic heterocycles. The summed E-state index contributed by atoms with van der Waals surface area (Å²) in [5, 5.41) is 12.6. The molecule has 0 aliphatic carbocycles. The number of rotatable bonds is 6. The summed E-state index contributed by atoms with van der Waals surface area (Å²) >= 11 is 1.58. The number of thiazole rings is 1. The van der Waals surface area contributed by atoms with E-state index in [-0.39, 0.29) is 12.5 Å². The van der Waals surface area contributed by atoms with Gasteiger partial charge in [0.1, 0.15) is 0 Å². The number of nitrogens with one attached hydrogen (secondary N) is 1. The molecule has 0 atom stereocenters. The first kappa shape index (κ1) is 15.4. The highest BCUT2D eigenvalue weighted by Crippen LogP contribution is 2.22. The van der Waals surface area contributed by atoms with Crippen molar-refractivity contribution in [3.63, 3.8) is 0 Å². The number of para-hydroxylation sites is 1. The van der Waals surface area contributed by atoms with Gasteiger partial charge in [0.25, 0.3) is 0 Å². The number of aromatic nitrogens is 1. The van der Waals surface area contributed by atoms with E-state index in [1.54, 1.807) is 25.2 Å². The van der Waals surface area contributed by atoms with Crippen LogP contribution in [0.2, 0.25) is 0 Å². The number of carboxylic acid groups (broad SMARTS) is 1. The first-order valence-electron chi connectivity index (χ1n) is 6.73. The zero-order chi connectivity index (χ0) is 15.5. The van der Waals surface area contributed by atoms with E-state index in [4.69, 9.17) is 5.11 Å². The molecule has 6 heteroatoms. The predicted molar refractivity (Wildman–Crippen MR) is 82.4 cm³/mol. The zero-order valence-corrected chi connectivity index (χ0v) is 12.9. The van der Waals surface area contributed by atoms with Crippen LogP contribution in [0.3, 0.4) is 0 Å². The quantitative estimate of drug-likeness (QED) is 0.859. The Morgan fingerprint density at radius 3 is 2.71 bits per heavy atom. The van der Waals surface area contributed by atoms with Gasteiger partial charge in [-0.05, 0) is 26.0 Å². The summed E-state index contributed by atoms with van der Waals surface area (Å²) in [6.45, 7) is 3.30. The fourth-order valence-electron chi connectivity index (χ4n) is 1.73. The second-order valence-electron chi connectivity index (χ2n) is 5.54. The molecule has 2 aromatic rings. The lowest BCUT2D eigenvalue weighted by atomic mass is 9.94. The zero-order valence-electron chi connectivity index (χ0n) is 12.0. The highest BCUT2D eigenvalue weighted by molar-refractivity contribution is 7.18. The molecule has 0 bridgehead atoms. The van der Waals surface area contributed by atoms with Crippen molar-refractivity contribution in [3.05, 3.63) is 29.3 Å². The van der Waals surface area contributed by atoms with Crippen molar-refractivity contribution >= 4 is 33.4 Å². The number of benzene rings is 1. The summed E-state index contributed by atoms with van der Waals surface area (Å²) in [6, 6.07) is 7.86. The maximum absolute atomic E-state index is 11.8. The molecule has 112 valence electrons. The lowest BCUT2D eigenvalue weighted by molar-refractivity contribution is -0.146. The van der Waals surface area contributed by atoms with E-state index in [2.05, 4.69) is 10.3 Å². The Morgan fingerprint density at radius 2 is 2.05 bits per heavy atom. The van der Waals surface area contributed by atoms with Gasteiger partial charge in [0.2, 0.25) is 5.91 Å². The maximum Gasteiger partial charge on any atom is 0.310 e. The molecular weight excluding hydrogens is 288 g/mol. The predicted octanol–water partition coefficient (Wildman–Crippen LogP) is 2.46. The second kappa shape index (κ2) is 6.22. The molecule has 0 saturated heterocycles. The Labute approximate surface area is 127 Å². The molecule has 1 heterocycles. The molecule has 0 radical (unpaired) electrons. The van der Waals surface area contributed by atoms with Crippen LogP contribution in [0.4, 0.5) is 0 Å². The van der Waals surface area contributed by atoms with Crippen LogP contribution < -0.4 is 5.32 Å². The minimum Gasteiger partial charge on any atom is -0.481 e. The molecule has 0 aliphatic heterocycles. The van der Waals surface area contributed by atoms with Gasteiger partial charge in [-0.2, -0.15) is 0 Å². The van der Waals surface area contributed by atoms with Crippen LogP contribution in [0, 0.1) is 5.41 Å². The molecule has 1 aromatic carbocycles. The SMILES string of the molecule is CC(C)(CNC(=O)CCc1nc2ccccc2s1)C(=O)O. The minimum absolute atomic E-state index is 0.126. The molecule has 0 spiro atoms.